The Morgan fingerprint density at radius 3 is 2.16 bits per heavy atom. The summed E-state index contributed by atoms with van der Waals surface area (Å²) in [5.74, 6) is 1.88. The molecule has 0 unspecified atom stereocenters. The zero-order valence-corrected chi connectivity index (χ0v) is 29.4. The predicted octanol–water partition coefficient (Wildman–Crippen LogP) is 8.64. The van der Waals surface area contributed by atoms with Crippen molar-refractivity contribution in [2.24, 2.45) is 0 Å². The van der Waals surface area contributed by atoms with Crippen LogP contribution in [-0.4, -0.2) is 39.3 Å². The van der Waals surface area contributed by atoms with Crippen molar-refractivity contribution in [2.45, 2.75) is 6.92 Å². The zero-order valence-electron chi connectivity index (χ0n) is 27.1. The fraction of sp³-hybridized carbons (Fsp3) is 0.0244. The van der Waals surface area contributed by atoms with Crippen molar-refractivity contribution in [3.8, 4) is 56.6 Å². The summed E-state index contributed by atoms with van der Waals surface area (Å²) in [4.78, 5) is 21.9. The van der Waals surface area contributed by atoms with Gasteiger partial charge in [0.15, 0.2) is 0 Å². The first kappa shape index (κ1) is 31.9. The molecule has 0 bridgehead atoms. The zero-order chi connectivity index (χ0) is 33.4. The summed E-state index contributed by atoms with van der Waals surface area (Å²) >= 11 is 0. The average molecular weight is 842 g/mol. The van der Waals surface area contributed by atoms with Crippen LogP contribution >= 0.6 is 0 Å². The van der Waals surface area contributed by atoms with Gasteiger partial charge in [0.1, 0.15) is 24.2 Å². The summed E-state index contributed by atoms with van der Waals surface area (Å²) in [7, 11) is 0. The third-order valence-corrected chi connectivity index (χ3v) is 8.50. The number of rotatable bonds is 7. The van der Waals surface area contributed by atoms with Gasteiger partial charge in [-0.3, -0.25) is 4.68 Å². The van der Waals surface area contributed by atoms with Gasteiger partial charge in [-0.05, 0) is 47.3 Å². The molecule has 4 aromatic carbocycles. The molecule has 0 amide bonds. The first-order chi connectivity index (χ1) is 24.7. The first-order valence-corrected chi connectivity index (χ1v) is 16.0. The van der Waals surface area contributed by atoms with Crippen molar-refractivity contribution in [3.63, 3.8) is 0 Å². The first-order valence-electron chi connectivity index (χ1n) is 16.0. The number of pyridine rings is 1. The molecule has 246 valence electrons. The predicted molar refractivity (Wildman–Crippen MR) is 192 cm³/mol. The van der Waals surface area contributed by atoms with E-state index < -0.39 is 0 Å². The third-order valence-electron chi connectivity index (χ3n) is 8.50. The van der Waals surface area contributed by atoms with Gasteiger partial charge < -0.3 is 9.30 Å². The number of benzene rings is 4. The van der Waals surface area contributed by atoms with E-state index >= 15 is 0 Å². The van der Waals surface area contributed by atoms with E-state index in [1.807, 2.05) is 71.5 Å². The van der Waals surface area contributed by atoms with Crippen LogP contribution in [0.1, 0.15) is 5.56 Å². The molecule has 0 saturated carbocycles. The minimum absolute atomic E-state index is 0. The van der Waals surface area contributed by atoms with E-state index in [1.165, 1.54) is 12.7 Å². The molecule has 5 heterocycles. The normalized spacial score (nSPS) is 11.1. The summed E-state index contributed by atoms with van der Waals surface area (Å²) in [5, 5.41) is 7.32. The molecule has 0 N–H and O–H groups in total. The minimum atomic E-state index is 0. The van der Waals surface area contributed by atoms with E-state index in [0.717, 1.165) is 61.1 Å². The fourth-order valence-corrected chi connectivity index (χ4v) is 6.33. The summed E-state index contributed by atoms with van der Waals surface area (Å²) in [6, 6.07) is 39.2. The quantitative estimate of drug-likeness (QED) is 0.148. The summed E-state index contributed by atoms with van der Waals surface area (Å²) in [6.45, 7) is 2.06. The van der Waals surface area contributed by atoms with Crippen molar-refractivity contribution < 1.29 is 25.8 Å². The molecule has 9 aromatic rings. The Kier molecular flexibility index (Phi) is 8.47. The molecule has 0 radical (unpaired) electrons. The molecule has 0 saturated heterocycles. The number of ether oxygens (including phenoxy) is 1. The number of hydrogen-bond donors (Lipinski definition) is 0. The number of para-hydroxylation sites is 1. The topological polar surface area (TPSA) is 96.4 Å². The second-order valence-corrected chi connectivity index (χ2v) is 11.7. The number of hydrogen-bond acceptors (Lipinski definition) is 7. The Labute approximate surface area is 307 Å². The molecule has 0 spiro atoms. The Bertz CT molecular complexity index is 2640. The largest absolute Gasteiger partial charge is 2.00 e. The van der Waals surface area contributed by atoms with Crippen molar-refractivity contribution >= 4 is 21.8 Å². The van der Waals surface area contributed by atoms with Gasteiger partial charge in [0.2, 0.25) is 0 Å². The van der Waals surface area contributed by atoms with Gasteiger partial charge in [-0.25, -0.2) is 24.9 Å². The van der Waals surface area contributed by atoms with E-state index in [1.54, 1.807) is 24.8 Å². The molecule has 51 heavy (non-hydrogen) atoms. The number of aromatic nitrogens is 8. The van der Waals surface area contributed by atoms with Crippen LogP contribution < -0.4 is 4.74 Å². The Balaban J connectivity index is 0.00000374. The molecule has 0 aliphatic rings. The van der Waals surface area contributed by atoms with Crippen molar-refractivity contribution in [1.29, 1.82) is 0 Å². The minimum Gasteiger partial charge on any atom is -0.509 e. The fourth-order valence-electron chi connectivity index (χ4n) is 6.33. The average Bonchev–Trinajstić information content (AvgIpc) is 3.73. The van der Waals surface area contributed by atoms with Crippen molar-refractivity contribution in [3.05, 3.63) is 158 Å². The standard InChI is InChI=1S/C41H26N8O.Pt/c1-27-16-17-46-38(18-27)48-36-13-6-5-12-34(36)35-15-14-33(20-37(35)48)50-32-11-7-10-31(19-32)49-41(30-23-44-26-45-24-30)39(28-8-3-2-4-9-28)40(47-49)29-21-42-25-43-22-29;/h2-18,21-26H,1H3;/q-2;+2. The second-order valence-electron chi connectivity index (χ2n) is 11.7. The Morgan fingerprint density at radius 2 is 1.37 bits per heavy atom. The smallest absolute Gasteiger partial charge is 0.509 e. The SMILES string of the molecule is Cc1ccnc(-n2c3[c-]c(Oc4[c-]c(-n5nc(-c6cncnc6)c(-c6ccccc6)c5-c5cncnc5)ccc4)ccc3c3ccccc32)c1.[Pt+2]. The van der Waals surface area contributed by atoms with Crippen LogP contribution in [0.15, 0.2) is 141 Å². The van der Waals surface area contributed by atoms with E-state index in [-0.39, 0.29) is 21.1 Å². The summed E-state index contributed by atoms with van der Waals surface area (Å²) in [6.07, 6.45) is 11.9. The van der Waals surface area contributed by atoms with Gasteiger partial charge in [0, 0.05) is 64.7 Å². The monoisotopic (exact) mass is 841 g/mol. The Hall–Kier alpha value is -6.31. The maximum absolute atomic E-state index is 6.48. The Morgan fingerprint density at radius 1 is 0.647 bits per heavy atom. The maximum atomic E-state index is 6.48. The van der Waals surface area contributed by atoms with Crippen LogP contribution in [0.5, 0.6) is 11.5 Å². The van der Waals surface area contributed by atoms with Crippen LogP contribution in [0.4, 0.5) is 0 Å². The maximum Gasteiger partial charge on any atom is 2.00 e. The molecule has 0 aliphatic carbocycles. The van der Waals surface area contributed by atoms with E-state index in [0.29, 0.717) is 22.9 Å². The molecular formula is C41H26N8OPt. The van der Waals surface area contributed by atoms with Gasteiger partial charge >= 0.3 is 21.1 Å². The molecule has 0 fully saturated rings. The van der Waals surface area contributed by atoms with Gasteiger partial charge in [0.25, 0.3) is 0 Å². The van der Waals surface area contributed by atoms with Crippen LogP contribution in [0.3, 0.4) is 0 Å². The van der Waals surface area contributed by atoms with Crippen LogP contribution in [0.2, 0.25) is 0 Å². The van der Waals surface area contributed by atoms with Gasteiger partial charge in [0.05, 0.1) is 5.69 Å². The molecular weight excluding hydrogens is 816 g/mol. The molecule has 0 aliphatic heterocycles. The third kappa shape index (κ3) is 5.87. The van der Waals surface area contributed by atoms with Gasteiger partial charge in [-0.15, -0.1) is 35.7 Å². The van der Waals surface area contributed by atoms with Crippen LogP contribution in [0.25, 0.3) is 67.0 Å². The molecule has 9 rings (SSSR count). The van der Waals surface area contributed by atoms with E-state index in [9.17, 15) is 0 Å². The molecule has 5 aromatic heterocycles. The summed E-state index contributed by atoms with van der Waals surface area (Å²) < 4.78 is 10.5. The molecule has 9 nitrogen and oxygen atoms in total. The van der Waals surface area contributed by atoms with Crippen molar-refractivity contribution in [1.82, 2.24) is 39.3 Å². The number of nitrogens with zero attached hydrogens (tertiary/aromatic N) is 8. The van der Waals surface area contributed by atoms with Crippen LogP contribution in [0, 0.1) is 19.1 Å². The number of fused-ring (bicyclic) bond motifs is 3. The van der Waals surface area contributed by atoms with Crippen LogP contribution in [-0.2, 0) is 21.1 Å². The van der Waals surface area contributed by atoms with E-state index in [4.69, 9.17) is 14.8 Å². The van der Waals surface area contributed by atoms with E-state index in [2.05, 4.69) is 80.0 Å². The summed E-state index contributed by atoms with van der Waals surface area (Å²) in [5.41, 5.74) is 8.66. The molecule has 0 atom stereocenters. The van der Waals surface area contributed by atoms with Gasteiger partial charge in [-0.1, -0.05) is 54.0 Å². The second kappa shape index (κ2) is 13.5. The molecule has 10 heteroatoms. The van der Waals surface area contributed by atoms with Gasteiger partial charge in [-0.2, -0.15) is 17.2 Å². The number of aryl methyl sites for hydroxylation is 1. The van der Waals surface area contributed by atoms with Crippen molar-refractivity contribution in [2.75, 3.05) is 0 Å².